The Kier molecular flexibility index (Phi) is 7.26. The Labute approximate surface area is 336 Å². The van der Waals surface area contributed by atoms with E-state index < -0.39 is 0 Å². The quantitative estimate of drug-likeness (QED) is 0.156. The molecule has 0 aliphatic heterocycles. The minimum absolute atomic E-state index is 1.15. The van der Waals surface area contributed by atoms with E-state index in [2.05, 4.69) is 228 Å². The molecule has 10 aromatic carbocycles. The average Bonchev–Trinajstić information content (AvgIpc) is 3.81. The Morgan fingerprint density at radius 3 is 1.34 bits per heavy atom. The first-order chi connectivity index (χ1) is 28.8. The van der Waals surface area contributed by atoms with Gasteiger partial charge in [0.05, 0.1) is 27.8 Å². The third-order valence-corrected chi connectivity index (χ3v) is 12.1. The Morgan fingerprint density at radius 1 is 0.241 bits per heavy atom. The van der Waals surface area contributed by atoms with Crippen molar-refractivity contribution in [3.8, 4) is 44.8 Å². The molecule has 0 spiro atoms. The summed E-state index contributed by atoms with van der Waals surface area (Å²) in [6.45, 7) is 0. The summed E-state index contributed by atoms with van der Waals surface area (Å²) in [6.07, 6.45) is 0. The van der Waals surface area contributed by atoms with Crippen LogP contribution in [0.1, 0.15) is 0 Å². The van der Waals surface area contributed by atoms with E-state index in [1.807, 2.05) is 0 Å². The lowest BCUT2D eigenvalue weighted by molar-refractivity contribution is 1.18. The predicted octanol–water partition coefficient (Wildman–Crippen LogP) is 15.2. The molecular formula is C56H36N2. The highest BCUT2D eigenvalue weighted by molar-refractivity contribution is 6.16. The number of hydrogen-bond donors (Lipinski definition) is 0. The van der Waals surface area contributed by atoms with Gasteiger partial charge in [-0.25, -0.2) is 0 Å². The normalized spacial score (nSPS) is 11.8. The molecule has 0 unspecified atom stereocenters. The first kappa shape index (κ1) is 32.6. The van der Waals surface area contributed by atoms with Crippen molar-refractivity contribution in [1.29, 1.82) is 0 Å². The fourth-order valence-corrected chi connectivity index (χ4v) is 9.46. The van der Waals surface area contributed by atoms with E-state index >= 15 is 0 Å². The molecule has 0 atom stereocenters. The molecular weight excluding hydrogens is 701 g/mol. The molecule has 0 saturated heterocycles. The Bertz CT molecular complexity index is 3550. The Morgan fingerprint density at radius 2 is 0.690 bits per heavy atom. The van der Waals surface area contributed by atoms with Gasteiger partial charge in [-0.3, -0.25) is 0 Å². The summed E-state index contributed by atoms with van der Waals surface area (Å²) < 4.78 is 4.87. The molecule has 0 radical (unpaired) electrons. The molecule has 2 heteroatoms. The van der Waals surface area contributed by atoms with Gasteiger partial charge in [-0.2, -0.15) is 0 Å². The van der Waals surface area contributed by atoms with Crippen molar-refractivity contribution in [1.82, 2.24) is 9.13 Å². The van der Waals surface area contributed by atoms with Crippen LogP contribution in [0.3, 0.4) is 0 Å². The summed E-state index contributed by atoms with van der Waals surface area (Å²) in [5.41, 5.74) is 14.5. The SMILES string of the molecule is c1ccc(-c2ccccc2-c2ccc(-n3c4ccccc4c4cc(-c5ccc6c(c5)c5ccccc5n6-c5cc6ccccc6c6ccccc56)ccc43)cc2)cc1. The van der Waals surface area contributed by atoms with Gasteiger partial charge >= 0.3 is 0 Å². The highest BCUT2D eigenvalue weighted by Gasteiger charge is 2.18. The molecule has 0 saturated carbocycles. The summed E-state index contributed by atoms with van der Waals surface area (Å²) in [5, 5.41) is 10.1. The number of benzene rings is 10. The second-order valence-corrected chi connectivity index (χ2v) is 15.3. The summed E-state index contributed by atoms with van der Waals surface area (Å²) in [7, 11) is 0. The van der Waals surface area contributed by atoms with Gasteiger partial charge in [0.25, 0.3) is 0 Å². The van der Waals surface area contributed by atoms with E-state index in [1.54, 1.807) is 0 Å². The van der Waals surface area contributed by atoms with Crippen LogP contribution in [0.25, 0.3) is 110 Å². The summed E-state index contributed by atoms with van der Waals surface area (Å²) in [4.78, 5) is 0. The molecule has 12 rings (SSSR count). The smallest absolute Gasteiger partial charge is 0.0546 e. The van der Waals surface area contributed by atoms with Gasteiger partial charge in [-0.05, 0) is 104 Å². The van der Waals surface area contributed by atoms with E-state index in [0.29, 0.717) is 0 Å². The second-order valence-electron chi connectivity index (χ2n) is 15.3. The molecule has 12 aromatic rings. The lowest BCUT2D eigenvalue weighted by atomic mass is 9.94. The van der Waals surface area contributed by atoms with Gasteiger partial charge in [-0.1, -0.05) is 164 Å². The molecule has 2 nitrogen and oxygen atoms in total. The fourth-order valence-electron chi connectivity index (χ4n) is 9.46. The molecule has 2 heterocycles. The zero-order valence-electron chi connectivity index (χ0n) is 31.7. The fraction of sp³-hybridized carbons (Fsp3) is 0. The lowest BCUT2D eigenvalue weighted by Crippen LogP contribution is -1.96. The van der Waals surface area contributed by atoms with Crippen LogP contribution >= 0.6 is 0 Å². The first-order valence-corrected chi connectivity index (χ1v) is 20.0. The van der Waals surface area contributed by atoms with Crippen LogP contribution in [-0.4, -0.2) is 9.13 Å². The highest BCUT2D eigenvalue weighted by Crippen LogP contribution is 2.41. The maximum atomic E-state index is 2.46. The second kappa shape index (κ2) is 12.9. The minimum Gasteiger partial charge on any atom is -0.309 e. The number of hydrogen-bond acceptors (Lipinski definition) is 0. The van der Waals surface area contributed by atoms with E-state index in [-0.39, 0.29) is 0 Å². The molecule has 0 aliphatic carbocycles. The third-order valence-electron chi connectivity index (χ3n) is 12.1. The number of para-hydroxylation sites is 2. The van der Waals surface area contributed by atoms with Gasteiger partial charge in [0, 0.05) is 32.6 Å². The van der Waals surface area contributed by atoms with Crippen molar-refractivity contribution in [3.05, 3.63) is 218 Å². The van der Waals surface area contributed by atoms with E-state index in [0.717, 1.165) is 5.69 Å². The van der Waals surface area contributed by atoms with Gasteiger partial charge < -0.3 is 9.13 Å². The molecule has 0 fully saturated rings. The maximum absolute atomic E-state index is 2.46. The van der Waals surface area contributed by atoms with Crippen LogP contribution in [-0.2, 0) is 0 Å². The van der Waals surface area contributed by atoms with Crippen molar-refractivity contribution in [3.63, 3.8) is 0 Å². The zero-order chi connectivity index (χ0) is 38.2. The van der Waals surface area contributed by atoms with Crippen molar-refractivity contribution in [2.45, 2.75) is 0 Å². The lowest BCUT2D eigenvalue weighted by Gasteiger charge is -2.14. The largest absolute Gasteiger partial charge is 0.309 e. The standard InChI is InChI=1S/C56H36N2/c1-2-14-37(15-3-1)43-17-6-7-18-44(43)38-26-30-42(31-27-38)57-52-24-12-10-22-48(52)50-34-39(28-32-54(50)57)40-29-33-55-51(35-40)49-23-11-13-25-53(49)58(55)56-36-41-16-4-5-19-45(41)46-20-8-9-21-47(46)56/h1-36H. The van der Waals surface area contributed by atoms with Gasteiger partial charge in [0.15, 0.2) is 0 Å². The van der Waals surface area contributed by atoms with Crippen LogP contribution in [0.2, 0.25) is 0 Å². The molecule has 0 aliphatic rings. The van der Waals surface area contributed by atoms with Crippen LogP contribution in [0.5, 0.6) is 0 Å². The summed E-state index contributed by atoms with van der Waals surface area (Å²) in [6, 6.07) is 79.9. The number of aromatic nitrogens is 2. The summed E-state index contributed by atoms with van der Waals surface area (Å²) >= 11 is 0. The minimum atomic E-state index is 1.15. The van der Waals surface area contributed by atoms with Gasteiger partial charge in [0.1, 0.15) is 0 Å². The first-order valence-electron chi connectivity index (χ1n) is 20.0. The number of fused-ring (bicyclic) bond motifs is 9. The van der Waals surface area contributed by atoms with E-state index in [4.69, 9.17) is 0 Å². The third kappa shape index (κ3) is 4.99. The molecule has 58 heavy (non-hydrogen) atoms. The summed E-state index contributed by atoms with van der Waals surface area (Å²) in [5.74, 6) is 0. The van der Waals surface area contributed by atoms with Crippen molar-refractivity contribution >= 4 is 65.2 Å². The molecule has 0 bridgehead atoms. The average molecular weight is 737 g/mol. The molecule has 0 N–H and O–H groups in total. The van der Waals surface area contributed by atoms with Crippen molar-refractivity contribution in [2.24, 2.45) is 0 Å². The van der Waals surface area contributed by atoms with Crippen LogP contribution in [0, 0.1) is 0 Å². The Hall–Kier alpha value is -7.68. The van der Waals surface area contributed by atoms with Crippen molar-refractivity contribution < 1.29 is 0 Å². The van der Waals surface area contributed by atoms with Gasteiger partial charge in [-0.15, -0.1) is 0 Å². The topological polar surface area (TPSA) is 9.86 Å². The Balaban J connectivity index is 0.988. The monoisotopic (exact) mass is 736 g/mol. The van der Waals surface area contributed by atoms with E-state index in [9.17, 15) is 0 Å². The molecule has 0 amide bonds. The maximum Gasteiger partial charge on any atom is 0.0546 e. The molecule has 270 valence electrons. The van der Waals surface area contributed by atoms with Crippen molar-refractivity contribution in [2.75, 3.05) is 0 Å². The molecule has 2 aromatic heterocycles. The van der Waals surface area contributed by atoms with Crippen LogP contribution < -0.4 is 0 Å². The van der Waals surface area contributed by atoms with Crippen LogP contribution in [0.15, 0.2) is 218 Å². The predicted molar refractivity (Wildman–Crippen MR) is 246 cm³/mol. The van der Waals surface area contributed by atoms with Gasteiger partial charge in [0.2, 0.25) is 0 Å². The van der Waals surface area contributed by atoms with E-state index in [1.165, 1.54) is 104 Å². The zero-order valence-corrected chi connectivity index (χ0v) is 31.7. The number of rotatable bonds is 5. The number of nitrogens with zero attached hydrogens (tertiary/aromatic N) is 2. The highest BCUT2D eigenvalue weighted by atomic mass is 15.0. The van der Waals surface area contributed by atoms with Crippen LogP contribution in [0.4, 0.5) is 0 Å².